The summed E-state index contributed by atoms with van der Waals surface area (Å²) in [4.78, 5) is 14.6. The number of rotatable bonds is 11. The van der Waals surface area contributed by atoms with Gasteiger partial charge < -0.3 is 14.2 Å². The number of carbonyl (C=O) groups is 1. The summed E-state index contributed by atoms with van der Waals surface area (Å²) in [6.07, 6.45) is 4.97. The molecule has 2 aromatic carbocycles. The van der Waals surface area contributed by atoms with E-state index in [0.717, 1.165) is 49.2 Å². The van der Waals surface area contributed by atoms with Crippen LogP contribution in [0.3, 0.4) is 0 Å². The first-order valence-electron chi connectivity index (χ1n) is 14.3. The quantitative estimate of drug-likeness (QED) is 0.172. The normalized spacial score (nSPS) is 21.7. The Bertz CT molecular complexity index is 1410. The number of anilines is 1. The molecule has 3 atom stereocenters. The summed E-state index contributed by atoms with van der Waals surface area (Å²) >= 11 is 14.4. The van der Waals surface area contributed by atoms with Crippen molar-refractivity contribution in [3.05, 3.63) is 69.1 Å². The van der Waals surface area contributed by atoms with Crippen LogP contribution in [0, 0.1) is 17.7 Å². The van der Waals surface area contributed by atoms with Crippen molar-refractivity contribution in [2.24, 2.45) is 11.8 Å². The first kappa shape index (κ1) is 28.8. The molecular weight excluding hydrogens is 584 g/mol. The minimum atomic E-state index is -0.366. The van der Waals surface area contributed by atoms with Gasteiger partial charge in [-0.3, -0.25) is 9.52 Å². The van der Waals surface area contributed by atoms with Gasteiger partial charge in [-0.1, -0.05) is 60.2 Å². The van der Waals surface area contributed by atoms with Crippen LogP contribution in [0.5, 0.6) is 0 Å². The summed E-state index contributed by atoms with van der Waals surface area (Å²) in [5.74, 6) is 2.29. The van der Waals surface area contributed by atoms with Gasteiger partial charge in [0.2, 0.25) is 0 Å². The Balaban J connectivity index is 1.09. The molecule has 3 fully saturated rings. The van der Waals surface area contributed by atoms with E-state index in [2.05, 4.69) is 28.6 Å². The van der Waals surface area contributed by atoms with E-state index in [0.29, 0.717) is 57.5 Å². The molecule has 2 bridgehead atoms. The maximum atomic E-state index is 15.2. The molecule has 10 heteroatoms. The van der Waals surface area contributed by atoms with Crippen LogP contribution in [0.1, 0.15) is 73.6 Å². The summed E-state index contributed by atoms with van der Waals surface area (Å²) in [5.41, 5.74) is 3.13. The zero-order chi connectivity index (χ0) is 28.7. The molecule has 1 aromatic heterocycles. The Morgan fingerprint density at radius 3 is 2.66 bits per heavy atom. The Morgan fingerprint density at radius 1 is 1.22 bits per heavy atom. The van der Waals surface area contributed by atoms with Crippen LogP contribution in [0.15, 0.2) is 40.9 Å². The van der Waals surface area contributed by atoms with Crippen LogP contribution in [0.25, 0.3) is 11.3 Å². The van der Waals surface area contributed by atoms with Gasteiger partial charge in [-0.05, 0) is 68.4 Å². The summed E-state index contributed by atoms with van der Waals surface area (Å²) in [6, 6.07) is 10.4. The number of nitrogens with zero attached hydrogens (tertiary/aromatic N) is 2. The van der Waals surface area contributed by atoms with Gasteiger partial charge in [0.25, 0.3) is 5.91 Å². The highest BCUT2D eigenvalue weighted by Crippen LogP contribution is 2.47. The molecule has 1 saturated heterocycles. The van der Waals surface area contributed by atoms with Crippen molar-refractivity contribution in [1.29, 1.82) is 0 Å². The fraction of sp³-hybridized carbons (Fsp3) is 0.484. The van der Waals surface area contributed by atoms with Gasteiger partial charge in [0, 0.05) is 46.9 Å². The number of fused-ring (bicyclic) bond motifs is 2. The van der Waals surface area contributed by atoms with E-state index >= 15 is 4.39 Å². The number of amides is 1. The van der Waals surface area contributed by atoms with E-state index in [-0.39, 0.29) is 29.8 Å². The molecule has 6 rings (SSSR count). The van der Waals surface area contributed by atoms with E-state index in [1.807, 2.05) is 6.07 Å². The zero-order valence-corrected chi connectivity index (χ0v) is 25.5. The standard InChI is InChI=1S/C31H34Cl2FN3O3S/c1-17(2)10-11-41-36-31(38)19-8-9-26(25(34)13-19)37-15-20-12-21(37)14-27(20)39-16-22-29(35-40-30(22)18-6-7-18)28-23(32)4-3-5-24(28)33/h3-5,8-9,13,17-18,20-21,27H,6-7,10-12,14-16H2,1-2H3,(H,36,38)/t20-,21-,27+/m0/s1. The summed E-state index contributed by atoms with van der Waals surface area (Å²) < 4.78 is 30.3. The van der Waals surface area contributed by atoms with Gasteiger partial charge >= 0.3 is 0 Å². The first-order chi connectivity index (χ1) is 19.8. The molecule has 0 radical (unpaired) electrons. The number of hydrogen-bond acceptors (Lipinski definition) is 6. The second-order valence-corrected chi connectivity index (χ2v) is 13.5. The van der Waals surface area contributed by atoms with Gasteiger partial charge in [-0.25, -0.2) is 4.39 Å². The van der Waals surface area contributed by atoms with Crippen LogP contribution >= 0.6 is 35.1 Å². The van der Waals surface area contributed by atoms with E-state index in [1.54, 1.807) is 24.3 Å². The smallest absolute Gasteiger partial charge is 0.261 e. The van der Waals surface area contributed by atoms with Crippen molar-refractivity contribution >= 4 is 46.7 Å². The van der Waals surface area contributed by atoms with Crippen LogP contribution in [-0.2, 0) is 11.3 Å². The molecule has 3 aromatic rings. The lowest BCUT2D eigenvalue weighted by Gasteiger charge is -2.33. The first-order valence-corrected chi connectivity index (χ1v) is 16.1. The Morgan fingerprint density at radius 2 is 2.00 bits per heavy atom. The number of ether oxygens (including phenoxy) is 1. The Hall–Kier alpha value is -2.26. The molecular formula is C31H34Cl2FN3O3S. The highest BCUT2D eigenvalue weighted by Gasteiger charge is 2.46. The molecule has 41 heavy (non-hydrogen) atoms. The van der Waals surface area contributed by atoms with Gasteiger partial charge in [0.15, 0.2) is 0 Å². The van der Waals surface area contributed by atoms with Crippen molar-refractivity contribution in [3.63, 3.8) is 0 Å². The third-order valence-corrected chi connectivity index (χ3v) is 9.77. The lowest BCUT2D eigenvalue weighted by atomic mass is 10.0. The second-order valence-electron chi connectivity index (χ2n) is 11.8. The molecule has 0 unspecified atom stereocenters. The zero-order valence-electron chi connectivity index (χ0n) is 23.2. The molecule has 6 nitrogen and oxygen atoms in total. The van der Waals surface area contributed by atoms with E-state index in [9.17, 15) is 4.79 Å². The number of hydrogen-bond donors (Lipinski definition) is 1. The molecule has 218 valence electrons. The van der Waals surface area contributed by atoms with Crippen molar-refractivity contribution in [2.75, 3.05) is 17.2 Å². The number of nitrogens with one attached hydrogen (secondary N) is 1. The Kier molecular flexibility index (Phi) is 8.55. The molecule has 2 saturated carbocycles. The van der Waals surface area contributed by atoms with Crippen LogP contribution in [-0.4, -0.2) is 35.5 Å². The second kappa shape index (κ2) is 12.2. The minimum absolute atomic E-state index is 0.0590. The largest absolute Gasteiger partial charge is 0.373 e. The maximum Gasteiger partial charge on any atom is 0.261 e. The fourth-order valence-electron chi connectivity index (χ4n) is 6.00. The third-order valence-electron chi connectivity index (χ3n) is 8.37. The molecule has 2 heterocycles. The van der Waals surface area contributed by atoms with Gasteiger partial charge in [0.05, 0.1) is 28.4 Å². The number of carbonyl (C=O) groups excluding carboxylic acids is 1. The van der Waals surface area contributed by atoms with Gasteiger partial charge in [-0.2, -0.15) is 0 Å². The van der Waals surface area contributed by atoms with Gasteiger partial charge in [-0.15, -0.1) is 0 Å². The van der Waals surface area contributed by atoms with Crippen LogP contribution in [0.4, 0.5) is 10.1 Å². The monoisotopic (exact) mass is 617 g/mol. The molecule has 1 aliphatic heterocycles. The predicted molar refractivity (Wildman–Crippen MR) is 162 cm³/mol. The fourth-order valence-corrected chi connectivity index (χ4v) is 7.51. The van der Waals surface area contributed by atoms with Crippen molar-refractivity contribution in [2.45, 2.75) is 70.6 Å². The molecule has 0 spiro atoms. The highest BCUT2D eigenvalue weighted by atomic mass is 35.5. The maximum absolute atomic E-state index is 15.2. The highest BCUT2D eigenvalue weighted by molar-refractivity contribution is 7.97. The number of halogens is 3. The SMILES string of the molecule is CC(C)CCSNC(=O)c1ccc(N2C[C@@H]3C[C@H]2C[C@H]3OCc2c(-c3c(Cl)cccc3Cl)noc2C2CC2)c(F)c1. The number of benzene rings is 2. The molecule has 1 N–H and O–H groups in total. The Labute approximate surface area is 254 Å². The summed E-state index contributed by atoms with van der Waals surface area (Å²) in [6.45, 7) is 5.37. The lowest BCUT2D eigenvalue weighted by molar-refractivity contribution is 0.0122. The minimum Gasteiger partial charge on any atom is -0.373 e. The van der Waals surface area contributed by atoms with Crippen molar-refractivity contribution < 1.29 is 18.4 Å². The molecule has 2 aliphatic carbocycles. The number of piperidine rings is 1. The predicted octanol–water partition coefficient (Wildman–Crippen LogP) is 8.27. The molecule has 1 amide bonds. The van der Waals surface area contributed by atoms with Crippen LogP contribution < -0.4 is 9.62 Å². The number of aromatic nitrogens is 1. The summed E-state index contributed by atoms with van der Waals surface area (Å²) in [7, 11) is 0. The van der Waals surface area contributed by atoms with Crippen LogP contribution in [0.2, 0.25) is 10.0 Å². The average molecular weight is 619 g/mol. The topological polar surface area (TPSA) is 67.6 Å². The van der Waals surface area contributed by atoms with Crippen molar-refractivity contribution in [1.82, 2.24) is 9.88 Å². The van der Waals surface area contributed by atoms with Gasteiger partial charge in [0.1, 0.15) is 17.3 Å². The lowest BCUT2D eigenvalue weighted by Crippen LogP contribution is -2.39. The summed E-state index contributed by atoms with van der Waals surface area (Å²) in [5, 5.41) is 5.42. The van der Waals surface area contributed by atoms with E-state index < -0.39 is 0 Å². The van der Waals surface area contributed by atoms with E-state index in [1.165, 1.54) is 18.0 Å². The third kappa shape index (κ3) is 6.12. The van der Waals surface area contributed by atoms with E-state index in [4.69, 9.17) is 32.5 Å². The average Bonchev–Trinajstić information content (AvgIpc) is 3.39. The van der Waals surface area contributed by atoms with Crippen molar-refractivity contribution in [3.8, 4) is 11.3 Å². The molecule has 3 aliphatic rings.